The number of amides is 2. The summed E-state index contributed by atoms with van der Waals surface area (Å²) < 4.78 is 27.5. The zero-order chi connectivity index (χ0) is 19.8. The highest BCUT2D eigenvalue weighted by Crippen LogP contribution is 2.18. The van der Waals surface area contributed by atoms with Crippen LogP contribution in [0, 0.1) is 13.8 Å². The van der Waals surface area contributed by atoms with Crippen molar-refractivity contribution in [3.05, 3.63) is 59.5 Å². The molecule has 0 atom stereocenters. The van der Waals surface area contributed by atoms with E-state index in [4.69, 9.17) is 0 Å². The Morgan fingerprint density at radius 1 is 1.04 bits per heavy atom. The first kappa shape index (κ1) is 18.6. The van der Waals surface area contributed by atoms with Crippen LogP contribution in [-0.2, 0) is 14.8 Å². The summed E-state index contributed by atoms with van der Waals surface area (Å²) in [6, 6.07) is 9.28. The molecule has 2 amide bonds. The number of nitrogens with one attached hydrogen (secondary N) is 2. The molecule has 9 heteroatoms. The molecular formula is C18H18N4O4S. The van der Waals surface area contributed by atoms with Gasteiger partial charge in [-0.15, -0.1) is 0 Å². The molecule has 27 heavy (non-hydrogen) atoms. The molecule has 0 aliphatic carbocycles. The topological polar surface area (TPSA) is 110 Å². The van der Waals surface area contributed by atoms with Gasteiger partial charge in [-0.2, -0.15) is 0 Å². The maximum absolute atomic E-state index is 12.7. The largest absolute Gasteiger partial charge is 0.321 e. The molecule has 0 bridgehead atoms. The summed E-state index contributed by atoms with van der Waals surface area (Å²) >= 11 is 0. The molecule has 0 aliphatic heterocycles. The second-order valence-corrected chi connectivity index (χ2v) is 7.80. The van der Waals surface area contributed by atoms with Crippen LogP contribution < -0.4 is 10.0 Å². The number of rotatable bonds is 4. The molecule has 3 rings (SSSR count). The summed E-state index contributed by atoms with van der Waals surface area (Å²) in [6.45, 7) is 4.79. The normalized spacial score (nSPS) is 11.4. The molecule has 0 radical (unpaired) electrons. The maximum atomic E-state index is 12.7. The second-order valence-electron chi connectivity index (χ2n) is 6.12. The van der Waals surface area contributed by atoms with Crippen molar-refractivity contribution in [2.24, 2.45) is 0 Å². The number of carbonyl (C=O) groups is 2. The summed E-state index contributed by atoms with van der Waals surface area (Å²) in [7, 11) is -3.91. The number of nitrogens with zero attached hydrogens (tertiary/aromatic N) is 2. The van der Waals surface area contributed by atoms with Gasteiger partial charge in [0, 0.05) is 18.8 Å². The van der Waals surface area contributed by atoms with Crippen molar-refractivity contribution in [2.45, 2.75) is 25.7 Å². The van der Waals surface area contributed by atoms with E-state index in [-0.39, 0.29) is 10.8 Å². The molecule has 0 aliphatic rings. The standard InChI is InChI=1S/C18H18N4O4S/c1-11-4-9-16-19-12(2)17(22(16)10-11)18(24)20-14-5-7-15(8-6-14)27(25,26)21-13(3)23/h4-10H,1-3H3,(H,20,24)(H,21,23). The number of pyridine rings is 1. The van der Waals surface area contributed by atoms with Crippen LogP contribution in [0.4, 0.5) is 5.69 Å². The maximum Gasteiger partial charge on any atom is 0.274 e. The van der Waals surface area contributed by atoms with E-state index >= 15 is 0 Å². The minimum atomic E-state index is -3.91. The Morgan fingerprint density at radius 2 is 1.70 bits per heavy atom. The van der Waals surface area contributed by atoms with Crippen molar-refractivity contribution in [2.75, 3.05) is 5.32 Å². The second kappa shape index (κ2) is 6.84. The Morgan fingerprint density at radius 3 is 2.33 bits per heavy atom. The lowest BCUT2D eigenvalue weighted by Crippen LogP contribution is -2.28. The first-order chi connectivity index (χ1) is 12.7. The molecule has 1 aromatic carbocycles. The van der Waals surface area contributed by atoms with Gasteiger partial charge in [-0.05, 0) is 49.7 Å². The fraction of sp³-hybridized carbons (Fsp3) is 0.167. The summed E-state index contributed by atoms with van der Waals surface area (Å²) in [5, 5.41) is 2.73. The molecule has 140 valence electrons. The number of anilines is 1. The molecule has 8 nitrogen and oxygen atoms in total. The van der Waals surface area contributed by atoms with Crippen LogP contribution >= 0.6 is 0 Å². The molecule has 2 aromatic heterocycles. The predicted molar refractivity (Wildman–Crippen MR) is 100 cm³/mol. The zero-order valence-electron chi connectivity index (χ0n) is 15.0. The number of hydrogen-bond acceptors (Lipinski definition) is 5. The monoisotopic (exact) mass is 386 g/mol. The lowest BCUT2D eigenvalue weighted by atomic mass is 10.2. The van der Waals surface area contributed by atoms with Crippen LogP contribution in [-0.4, -0.2) is 29.6 Å². The molecule has 0 fully saturated rings. The van der Waals surface area contributed by atoms with Crippen molar-refractivity contribution in [3.63, 3.8) is 0 Å². The van der Waals surface area contributed by atoms with E-state index < -0.39 is 15.9 Å². The van der Waals surface area contributed by atoms with Gasteiger partial charge in [0.1, 0.15) is 11.3 Å². The lowest BCUT2D eigenvalue weighted by molar-refractivity contribution is -0.117. The van der Waals surface area contributed by atoms with Crippen LogP contribution in [0.3, 0.4) is 0 Å². The number of benzene rings is 1. The number of carbonyl (C=O) groups excluding carboxylic acids is 2. The summed E-state index contributed by atoms with van der Waals surface area (Å²) in [5.41, 5.74) is 3.07. The number of fused-ring (bicyclic) bond motifs is 1. The third-order valence-corrected chi connectivity index (χ3v) is 5.31. The molecule has 0 spiro atoms. The minimum Gasteiger partial charge on any atom is -0.321 e. The number of aromatic nitrogens is 2. The van der Waals surface area contributed by atoms with E-state index in [1.807, 2.05) is 30.0 Å². The van der Waals surface area contributed by atoms with Gasteiger partial charge in [-0.1, -0.05) is 6.07 Å². The van der Waals surface area contributed by atoms with Gasteiger partial charge < -0.3 is 5.32 Å². The third kappa shape index (κ3) is 3.82. The van der Waals surface area contributed by atoms with Crippen LogP contribution in [0.15, 0.2) is 47.5 Å². The predicted octanol–water partition coefficient (Wildman–Crippen LogP) is 2.03. The van der Waals surface area contributed by atoms with Gasteiger partial charge in [-0.3, -0.25) is 14.0 Å². The van der Waals surface area contributed by atoms with Crippen molar-refractivity contribution in [1.82, 2.24) is 14.1 Å². The quantitative estimate of drug-likeness (QED) is 0.713. The summed E-state index contributed by atoms with van der Waals surface area (Å²) in [4.78, 5) is 28.0. The number of aryl methyl sites for hydroxylation is 2. The Labute approximate surface area is 156 Å². The van der Waals surface area contributed by atoms with E-state index in [9.17, 15) is 18.0 Å². The third-order valence-electron chi connectivity index (χ3n) is 3.86. The first-order valence-electron chi connectivity index (χ1n) is 8.07. The van der Waals surface area contributed by atoms with E-state index in [1.54, 1.807) is 11.3 Å². The Bertz CT molecular complexity index is 1150. The Balaban J connectivity index is 1.86. The van der Waals surface area contributed by atoms with Crippen LogP contribution in [0.25, 0.3) is 5.65 Å². The number of sulfonamides is 1. The first-order valence-corrected chi connectivity index (χ1v) is 9.56. The highest BCUT2D eigenvalue weighted by Gasteiger charge is 2.18. The van der Waals surface area contributed by atoms with Gasteiger partial charge in [0.15, 0.2) is 0 Å². The van der Waals surface area contributed by atoms with Gasteiger partial charge in [0.25, 0.3) is 15.9 Å². The highest BCUT2D eigenvalue weighted by atomic mass is 32.2. The number of hydrogen-bond donors (Lipinski definition) is 2. The average molecular weight is 386 g/mol. The van der Waals surface area contributed by atoms with E-state index in [0.717, 1.165) is 12.5 Å². The van der Waals surface area contributed by atoms with Crippen molar-refractivity contribution < 1.29 is 18.0 Å². The van der Waals surface area contributed by atoms with Crippen molar-refractivity contribution >= 4 is 33.2 Å². The minimum absolute atomic E-state index is 0.0719. The SMILES string of the molecule is CC(=O)NS(=O)(=O)c1ccc(NC(=O)c2c(C)nc3ccc(C)cn23)cc1. The average Bonchev–Trinajstić information content (AvgIpc) is 2.89. The van der Waals surface area contributed by atoms with Crippen LogP contribution in [0.2, 0.25) is 0 Å². The highest BCUT2D eigenvalue weighted by molar-refractivity contribution is 7.90. The molecule has 0 saturated carbocycles. The fourth-order valence-corrected chi connectivity index (χ4v) is 3.69. The van der Waals surface area contributed by atoms with Gasteiger partial charge in [0.2, 0.25) is 5.91 Å². The molecule has 3 aromatic rings. The van der Waals surface area contributed by atoms with E-state index in [0.29, 0.717) is 22.7 Å². The molecule has 2 heterocycles. The summed E-state index contributed by atoms with van der Waals surface area (Å²) in [6.07, 6.45) is 1.83. The molecule has 2 N–H and O–H groups in total. The van der Waals surface area contributed by atoms with Crippen molar-refractivity contribution in [1.29, 1.82) is 0 Å². The number of imidazole rings is 1. The van der Waals surface area contributed by atoms with E-state index in [2.05, 4.69) is 10.3 Å². The Kier molecular flexibility index (Phi) is 4.71. The molecule has 0 saturated heterocycles. The Hall–Kier alpha value is -3.20. The molecular weight excluding hydrogens is 368 g/mol. The van der Waals surface area contributed by atoms with Crippen LogP contribution in [0.1, 0.15) is 28.7 Å². The molecule has 0 unspecified atom stereocenters. The van der Waals surface area contributed by atoms with Gasteiger partial charge in [-0.25, -0.2) is 18.1 Å². The lowest BCUT2D eigenvalue weighted by Gasteiger charge is -2.08. The zero-order valence-corrected chi connectivity index (χ0v) is 15.8. The summed E-state index contributed by atoms with van der Waals surface area (Å²) in [5.74, 6) is -1.03. The van der Waals surface area contributed by atoms with Gasteiger partial charge in [0.05, 0.1) is 10.6 Å². The van der Waals surface area contributed by atoms with Crippen LogP contribution in [0.5, 0.6) is 0 Å². The van der Waals surface area contributed by atoms with Crippen molar-refractivity contribution in [3.8, 4) is 0 Å². The fourth-order valence-electron chi connectivity index (χ4n) is 2.70. The van der Waals surface area contributed by atoms with E-state index in [1.165, 1.54) is 24.3 Å². The van der Waals surface area contributed by atoms with Gasteiger partial charge >= 0.3 is 0 Å². The smallest absolute Gasteiger partial charge is 0.274 e.